The van der Waals surface area contributed by atoms with Crippen molar-refractivity contribution in [2.24, 2.45) is 0 Å². The third kappa shape index (κ3) is 4.65. The number of fused-ring (bicyclic) bond motifs is 1. The SMILES string of the molecule is CCCOC(=O)C1=CCC(C)(C)c2ccc(C=Cc3ccc(C(=O)O)cc3)cc21. The summed E-state index contributed by atoms with van der Waals surface area (Å²) in [6.45, 7) is 6.75. The molecule has 1 N–H and O–H groups in total. The van der Waals surface area contributed by atoms with Crippen LogP contribution in [0.15, 0.2) is 48.5 Å². The fourth-order valence-electron chi connectivity index (χ4n) is 3.45. The van der Waals surface area contributed by atoms with Gasteiger partial charge in [0, 0.05) is 0 Å². The van der Waals surface area contributed by atoms with E-state index in [0.29, 0.717) is 12.2 Å². The summed E-state index contributed by atoms with van der Waals surface area (Å²) in [7, 11) is 0. The number of benzene rings is 2. The minimum absolute atomic E-state index is 0.0429. The summed E-state index contributed by atoms with van der Waals surface area (Å²) in [5.74, 6) is -1.21. The zero-order chi connectivity index (χ0) is 21.0. The first kappa shape index (κ1) is 20.6. The highest BCUT2D eigenvalue weighted by Gasteiger charge is 2.31. The van der Waals surface area contributed by atoms with E-state index in [4.69, 9.17) is 9.84 Å². The van der Waals surface area contributed by atoms with Crippen LogP contribution in [0.2, 0.25) is 0 Å². The highest BCUT2D eigenvalue weighted by atomic mass is 16.5. The maximum absolute atomic E-state index is 12.6. The quantitative estimate of drug-likeness (QED) is 0.517. The van der Waals surface area contributed by atoms with Crippen LogP contribution in [0.1, 0.15) is 66.2 Å². The number of carboxylic acid groups (broad SMARTS) is 1. The molecule has 0 radical (unpaired) electrons. The summed E-state index contributed by atoms with van der Waals surface area (Å²) in [6, 6.07) is 12.9. The van der Waals surface area contributed by atoms with Crippen molar-refractivity contribution >= 4 is 29.7 Å². The van der Waals surface area contributed by atoms with Crippen LogP contribution in [0.3, 0.4) is 0 Å². The molecule has 0 amide bonds. The van der Waals surface area contributed by atoms with Gasteiger partial charge >= 0.3 is 11.9 Å². The molecule has 0 aromatic heterocycles. The molecule has 4 heteroatoms. The summed E-state index contributed by atoms with van der Waals surface area (Å²) in [5.41, 5.74) is 4.80. The molecular formula is C25H26O4. The molecule has 150 valence electrons. The zero-order valence-corrected chi connectivity index (χ0v) is 17.1. The topological polar surface area (TPSA) is 63.6 Å². The number of rotatable bonds is 6. The molecule has 0 aliphatic heterocycles. The number of hydrogen-bond acceptors (Lipinski definition) is 3. The summed E-state index contributed by atoms with van der Waals surface area (Å²) in [6.07, 6.45) is 7.47. The van der Waals surface area contributed by atoms with Gasteiger partial charge in [0.2, 0.25) is 0 Å². The molecule has 0 unspecified atom stereocenters. The van der Waals surface area contributed by atoms with Crippen molar-refractivity contribution < 1.29 is 19.4 Å². The van der Waals surface area contributed by atoms with Crippen LogP contribution >= 0.6 is 0 Å². The number of carbonyl (C=O) groups excluding carboxylic acids is 1. The molecule has 29 heavy (non-hydrogen) atoms. The number of aromatic carboxylic acids is 1. The molecule has 0 saturated carbocycles. The third-order valence-corrected chi connectivity index (χ3v) is 5.16. The van der Waals surface area contributed by atoms with Crippen molar-refractivity contribution in [3.05, 3.63) is 76.4 Å². The van der Waals surface area contributed by atoms with Gasteiger partial charge in [-0.05, 0) is 58.7 Å². The van der Waals surface area contributed by atoms with Gasteiger partial charge in [0.25, 0.3) is 0 Å². The standard InChI is InChI=1S/C25H26O4/c1-4-15-29-24(28)20-13-14-25(2,3)22-12-9-18(16-21(20)22)6-5-17-7-10-19(11-8-17)23(26)27/h5-13,16H,4,14-15H2,1-3H3,(H,26,27). The average Bonchev–Trinajstić information content (AvgIpc) is 2.70. The molecule has 0 bridgehead atoms. The molecule has 1 aliphatic carbocycles. The van der Waals surface area contributed by atoms with Gasteiger partial charge in [-0.3, -0.25) is 0 Å². The van der Waals surface area contributed by atoms with E-state index >= 15 is 0 Å². The number of carboxylic acids is 1. The van der Waals surface area contributed by atoms with Crippen LogP contribution in [0.5, 0.6) is 0 Å². The van der Waals surface area contributed by atoms with Crippen molar-refractivity contribution in [1.82, 2.24) is 0 Å². The number of hydrogen-bond donors (Lipinski definition) is 1. The minimum Gasteiger partial charge on any atom is -0.478 e. The summed E-state index contributed by atoms with van der Waals surface area (Å²) in [5, 5.41) is 9.00. The Hall–Kier alpha value is -3.14. The van der Waals surface area contributed by atoms with Crippen LogP contribution in [0.25, 0.3) is 17.7 Å². The maximum atomic E-state index is 12.6. The molecule has 0 fully saturated rings. The number of esters is 1. The zero-order valence-electron chi connectivity index (χ0n) is 17.1. The van der Waals surface area contributed by atoms with Crippen LogP contribution in [0.4, 0.5) is 0 Å². The molecule has 1 aliphatic rings. The lowest BCUT2D eigenvalue weighted by molar-refractivity contribution is -0.136. The molecule has 0 spiro atoms. The lowest BCUT2D eigenvalue weighted by Crippen LogP contribution is -2.24. The summed E-state index contributed by atoms with van der Waals surface area (Å²) in [4.78, 5) is 23.5. The Kier molecular flexibility index (Phi) is 6.02. The molecule has 4 nitrogen and oxygen atoms in total. The first-order chi connectivity index (χ1) is 13.8. The van der Waals surface area contributed by atoms with E-state index in [1.807, 2.05) is 37.3 Å². The number of carbonyl (C=O) groups is 2. The highest BCUT2D eigenvalue weighted by molar-refractivity contribution is 6.17. The maximum Gasteiger partial charge on any atom is 0.338 e. The van der Waals surface area contributed by atoms with Crippen LogP contribution < -0.4 is 0 Å². The van der Waals surface area contributed by atoms with E-state index in [1.54, 1.807) is 24.3 Å². The lowest BCUT2D eigenvalue weighted by atomic mass is 9.73. The minimum atomic E-state index is -0.938. The van der Waals surface area contributed by atoms with Crippen LogP contribution in [-0.2, 0) is 14.9 Å². The van der Waals surface area contributed by atoms with Gasteiger partial charge < -0.3 is 9.84 Å². The molecule has 3 rings (SSSR count). The lowest BCUT2D eigenvalue weighted by Gasteiger charge is -2.31. The van der Waals surface area contributed by atoms with Gasteiger partial charge in [-0.15, -0.1) is 0 Å². The van der Waals surface area contributed by atoms with Crippen molar-refractivity contribution in [3.8, 4) is 0 Å². The molecule has 2 aromatic rings. The summed E-state index contributed by atoms with van der Waals surface area (Å²) >= 11 is 0. The summed E-state index contributed by atoms with van der Waals surface area (Å²) < 4.78 is 5.38. The van der Waals surface area contributed by atoms with E-state index in [0.717, 1.165) is 35.1 Å². The fraction of sp³-hybridized carbons (Fsp3) is 0.280. The third-order valence-electron chi connectivity index (χ3n) is 5.16. The second kappa shape index (κ2) is 8.48. The largest absolute Gasteiger partial charge is 0.478 e. The molecule has 0 atom stereocenters. The van der Waals surface area contributed by atoms with E-state index in [-0.39, 0.29) is 16.9 Å². The Morgan fingerprint density at radius 2 is 1.72 bits per heavy atom. The van der Waals surface area contributed by atoms with Crippen molar-refractivity contribution in [1.29, 1.82) is 0 Å². The Morgan fingerprint density at radius 1 is 1.07 bits per heavy atom. The molecule has 0 heterocycles. The highest BCUT2D eigenvalue weighted by Crippen LogP contribution is 2.39. The second-order valence-electron chi connectivity index (χ2n) is 7.91. The smallest absolute Gasteiger partial charge is 0.338 e. The fourth-order valence-corrected chi connectivity index (χ4v) is 3.45. The predicted molar refractivity (Wildman–Crippen MR) is 116 cm³/mol. The van der Waals surface area contributed by atoms with Gasteiger partial charge in [-0.2, -0.15) is 0 Å². The monoisotopic (exact) mass is 390 g/mol. The van der Waals surface area contributed by atoms with Crippen molar-refractivity contribution in [2.45, 2.75) is 39.0 Å². The molecule has 2 aromatic carbocycles. The van der Waals surface area contributed by atoms with E-state index in [1.165, 1.54) is 0 Å². The van der Waals surface area contributed by atoms with Gasteiger partial charge in [0.15, 0.2) is 0 Å². The molecule has 0 saturated heterocycles. The Labute approximate surface area is 171 Å². The van der Waals surface area contributed by atoms with E-state index < -0.39 is 5.97 Å². The predicted octanol–water partition coefficient (Wildman–Crippen LogP) is 5.57. The van der Waals surface area contributed by atoms with Gasteiger partial charge in [0.05, 0.1) is 17.7 Å². The number of allylic oxidation sites excluding steroid dienone is 1. The number of ether oxygens (including phenoxy) is 1. The average molecular weight is 390 g/mol. The van der Waals surface area contributed by atoms with E-state index in [2.05, 4.69) is 19.9 Å². The first-order valence-electron chi connectivity index (χ1n) is 9.85. The van der Waals surface area contributed by atoms with E-state index in [9.17, 15) is 9.59 Å². The second-order valence-corrected chi connectivity index (χ2v) is 7.91. The normalized spacial score (nSPS) is 14.9. The van der Waals surface area contributed by atoms with Gasteiger partial charge in [0.1, 0.15) is 0 Å². The Morgan fingerprint density at radius 3 is 2.38 bits per heavy atom. The van der Waals surface area contributed by atoms with Crippen LogP contribution in [0, 0.1) is 0 Å². The Bertz CT molecular complexity index is 978. The molecular weight excluding hydrogens is 364 g/mol. The first-order valence-corrected chi connectivity index (χ1v) is 9.85. The van der Waals surface area contributed by atoms with Crippen LogP contribution in [-0.4, -0.2) is 23.7 Å². The Balaban J connectivity index is 1.90. The van der Waals surface area contributed by atoms with Gasteiger partial charge in [-0.25, -0.2) is 9.59 Å². The van der Waals surface area contributed by atoms with Crippen molar-refractivity contribution in [2.75, 3.05) is 6.61 Å². The van der Waals surface area contributed by atoms with Crippen molar-refractivity contribution in [3.63, 3.8) is 0 Å². The van der Waals surface area contributed by atoms with Gasteiger partial charge in [-0.1, -0.05) is 63.3 Å².